The molecule has 1 aromatic rings. The lowest BCUT2D eigenvalue weighted by atomic mass is 10.1. The smallest absolute Gasteiger partial charge is 0.183 e. The molecule has 0 bridgehead atoms. The zero-order chi connectivity index (χ0) is 13.3. The minimum atomic E-state index is -3.43. The van der Waals surface area contributed by atoms with Crippen LogP contribution >= 0.6 is 0 Å². The molecule has 0 aliphatic rings. The van der Waals surface area contributed by atoms with Gasteiger partial charge in [0.2, 0.25) is 0 Å². The lowest BCUT2D eigenvalue weighted by Gasteiger charge is -2.19. The largest absolute Gasteiger partial charge is 0.495 e. The average Bonchev–Trinajstić information content (AvgIpc) is 2.14. The van der Waals surface area contributed by atoms with Crippen LogP contribution in [0.5, 0.6) is 5.75 Å². The summed E-state index contributed by atoms with van der Waals surface area (Å²) in [6.45, 7) is 5.21. The number of benzene rings is 1. The van der Waals surface area contributed by atoms with Gasteiger partial charge in [0, 0.05) is 5.54 Å². The third-order valence-electron chi connectivity index (χ3n) is 2.22. The van der Waals surface area contributed by atoms with Crippen molar-refractivity contribution in [3.8, 4) is 5.75 Å². The monoisotopic (exact) mass is 257 g/mol. The average molecular weight is 257 g/mol. The van der Waals surface area contributed by atoms with Crippen molar-refractivity contribution in [1.29, 1.82) is 0 Å². The summed E-state index contributed by atoms with van der Waals surface area (Å²) in [5.74, 6) is 0.250. The van der Waals surface area contributed by atoms with Crippen molar-refractivity contribution in [3.63, 3.8) is 0 Å². The molecule has 0 saturated heterocycles. The molecule has 0 unspecified atom stereocenters. The first-order valence-electron chi connectivity index (χ1n) is 5.32. The Bertz CT molecular complexity index is 501. The lowest BCUT2D eigenvalue weighted by molar-refractivity contribution is 0.402. The number of rotatable bonds is 4. The molecule has 4 nitrogen and oxygen atoms in total. The summed E-state index contributed by atoms with van der Waals surface area (Å²) in [6, 6.07) is 5.08. The van der Waals surface area contributed by atoms with Crippen molar-refractivity contribution < 1.29 is 13.2 Å². The Labute approximate surface area is 103 Å². The van der Waals surface area contributed by atoms with E-state index in [1.807, 2.05) is 13.0 Å². The first-order chi connectivity index (χ1) is 7.65. The van der Waals surface area contributed by atoms with Gasteiger partial charge < -0.3 is 10.5 Å². The molecule has 0 aromatic heterocycles. The van der Waals surface area contributed by atoms with Crippen LogP contribution in [0.4, 0.5) is 0 Å². The fraction of sp³-hybridized carbons (Fsp3) is 0.500. The molecular formula is C12H19NO3S. The molecule has 0 fully saturated rings. The van der Waals surface area contributed by atoms with Gasteiger partial charge in [0.25, 0.3) is 0 Å². The first kappa shape index (κ1) is 14.0. The molecule has 1 rings (SSSR count). The predicted molar refractivity (Wildman–Crippen MR) is 68.1 cm³/mol. The van der Waals surface area contributed by atoms with Crippen LogP contribution in [-0.4, -0.2) is 26.8 Å². The Morgan fingerprint density at radius 1 is 1.35 bits per heavy atom. The topological polar surface area (TPSA) is 69.4 Å². The normalized spacial score (nSPS) is 12.5. The molecular weight excluding hydrogens is 238 g/mol. The second kappa shape index (κ2) is 4.66. The van der Waals surface area contributed by atoms with E-state index in [9.17, 15) is 8.42 Å². The Balaban J connectivity index is 3.28. The van der Waals surface area contributed by atoms with Crippen LogP contribution in [0.2, 0.25) is 0 Å². The Morgan fingerprint density at radius 2 is 1.94 bits per heavy atom. The van der Waals surface area contributed by atoms with E-state index in [1.54, 1.807) is 26.0 Å². The molecule has 0 radical (unpaired) electrons. The second-order valence-electron chi connectivity index (χ2n) is 4.90. The zero-order valence-electron chi connectivity index (χ0n) is 10.6. The van der Waals surface area contributed by atoms with E-state index in [0.29, 0.717) is 5.75 Å². The van der Waals surface area contributed by atoms with E-state index < -0.39 is 15.4 Å². The molecule has 96 valence electrons. The van der Waals surface area contributed by atoms with Gasteiger partial charge in [-0.15, -0.1) is 0 Å². The molecule has 2 N–H and O–H groups in total. The van der Waals surface area contributed by atoms with E-state index in [1.165, 1.54) is 7.11 Å². The van der Waals surface area contributed by atoms with Gasteiger partial charge in [0.1, 0.15) is 10.6 Å². The molecule has 1 aromatic carbocycles. The Hall–Kier alpha value is -1.07. The lowest BCUT2D eigenvalue weighted by Crippen LogP contribution is -2.39. The third kappa shape index (κ3) is 3.71. The fourth-order valence-electron chi connectivity index (χ4n) is 1.59. The fourth-order valence-corrected chi connectivity index (χ4v) is 3.55. The highest BCUT2D eigenvalue weighted by Gasteiger charge is 2.26. The van der Waals surface area contributed by atoms with E-state index in [4.69, 9.17) is 10.5 Å². The summed E-state index contributed by atoms with van der Waals surface area (Å²) in [5.41, 5.74) is 5.87. The number of aryl methyl sites for hydroxylation is 1. The van der Waals surface area contributed by atoms with Crippen LogP contribution in [0.15, 0.2) is 23.1 Å². The number of methoxy groups -OCH3 is 1. The molecule has 17 heavy (non-hydrogen) atoms. The summed E-state index contributed by atoms with van der Waals surface area (Å²) in [7, 11) is -1.98. The standard InChI is InChI=1S/C12H19NO3S/c1-9-5-6-10(16-4)11(7-9)17(14,15)8-12(2,3)13/h5-7H,8,13H2,1-4H3. The van der Waals surface area contributed by atoms with Crippen molar-refractivity contribution in [2.24, 2.45) is 5.73 Å². The zero-order valence-corrected chi connectivity index (χ0v) is 11.5. The Kier molecular flexibility index (Phi) is 3.84. The molecule has 0 aliphatic carbocycles. The van der Waals surface area contributed by atoms with E-state index in [-0.39, 0.29) is 10.6 Å². The van der Waals surface area contributed by atoms with Crippen LogP contribution in [-0.2, 0) is 9.84 Å². The van der Waals surface area contributed by atoms with Gasteiger partial charge in [-0.3, -0.25) is 0 Å². The van der Waals surface area contributed by atoms with Crippen LogP contribution in [0.25, 0.3) is 0 Å². The highest BCUT2D eigenvalue weighted by Crippen LogP contribution is 2.27. The predicted octanol–water partition coefficient (Wildman–Crippen LogP) is 1.51. The summed E-state index contributed by atoms with van der Waals surface area (Å²) >= 11 is 0. The van der Waals surface area contributed by atoms with Crippen molar-refractivity contribution in [3.05, 3.63) is 23.8 Å². The maximum atomic E-state index is 12.2. The summed E-state index contributed by atoms with van der Waals surface area (Å²) in [5, 5.41) is 0. The van der Waals surface area contributed by atoms with E-state index >= 15 is 0 Å². The van der Waals surface area contributed by atoms with Crippen molar-refractivity contribution >= 4 is 9.84 Å². The van der Waals surface area contributed by atoms with Gasteiger partial charge in [0.05, 0.1) is 12.9 Å². The van der Waals surface area contributed by atoms with Crippen molar-refractivity contribution in [1.82, 2.24) is 0 Å². The summed E-state index contributed by atoms with van der Waals surface area (Å²) < 4.78 is 29.5. The quantitative estimate of drug-likeness (QED) is 0.887. The number of sulfone groups is 1. The third-order valence-corrected chi connectivity index (χ3v) is 4.33. The van der Waals surface area contributed by atoms with E-state index in [0.717, 1.165) is 5.56 Å². The van der Waals surface area contributed by atoms with Crippen LogP contribution in [0.3, 0.4) is 0 Å². The second-order valence-corrected chi connectivity index (χ2v) is 6.86. The van der Waals surface area contributed by atoms with Crippen molar-refractivity contribution in [2.75, 3.05) is 12.9 Å². The SMILES string of the molecule is COc1ccc(C)cc1S(=O)(=O)CC(C)(C)N. The van der Waals surface area contributed by atoms with Crippen molar-refractivity contribution in [2.45, 2.75) is 31.2 Å². The Morgan fingerprint density at radius 3 is 2.41 bits per heavy atom. The molecule has 0 spiro atoms. The highest BCUT2D eigenvalue weighted by atomic mass is 32.2. The van der Waals surface area contributed by atoms with Gasteiger partial charge in [-0.25, -0.2) is 8.42 Å². The van der Waals surface area contributed by atoms with Crippen LogP contribution in [0.1, 0.15) is 19.4 Å². The number of hydrogen-bond donors (Lipinski definition) is 1. The van der Waals surface area contributed by atoms with Gasteiger partial charge in [0.15, 0.2) is 9.84 Å². The van der Waals surface area contributed by atoms with Gasteiger partial charge in [-0.05, 0) is 38.5 Å². The van der Waals surface area contributed by atoms with Gasteiger partial charge >= 0.3 is 0 Å². The maximum absolute atomic E-state index is 12.2. The number of hydrogen-bond acceptors (Lipinski definition) is 4. The number of ether oxygens (including phenoxy) is 1. The number of nitrogens with two attached hydrogens (primary N) is 1. The highest BCUT2D eigenvalue weighted by molar-refractivity contribution is 7.91. The molecule has 0 amide bonds. The van der Waals surface area contributed by atoms with Gasteiger partial charge in [-0.1, -0.05) is 6.07 Å². The molecule has 0 atom stereocenters. The van der Waals surface area contributed by atoms with E-state index in [2.05, 4.69) is 0 Å². The van der Waals surface area contributed by atoms with Crippen LogP contribution in [0, 0.1) is 6.92 Å². The summed E-state index contributed by atoms with van der Waals surface area (Å²) in [6.07, 6.45) is 0. The molecule has 0 aliphatic heterocycles. The molecule has 0 saturated carbocycles. The summed E-state index contributed by atoms with van der Waals surface area (Å²) in [4.78, 5) is 0.207. The first-order valence-corrected chi connectivity index (χ1v) is 6.97. The molecule has 0 heterocycles. The minimum Gasteiger partial charge on any atom is -0.495 e. The minimum absolute atomic E-state index is 0.111. The molecule has 5 heteroatoms. The van der Waals surface area contributed by atoms with Gasteiger partial charge in [-0.2, -0.15) is 0 Å². The van der Waals surface area contributed by atoms with Crippen LogP contribution < -0.4 is 10.5 Å². The maximum Gasteiger partial charge on any atom is 0.183 e.